The van der Waals surface area contributed by atoms with Crippen LogP contribution in [0.5, 0.6) is 11.5 Å². The largest absolute Gasteiger partial charge is 0.497 e. The normalized spacial score (nSPS) is 10.5. The molecule has 0 saturated heterocycles. The third-order valence-electron chi connectivity index (χ3n) is 2.37. The summed E-state index contributed by atoms with van der Waals surface area (Å²) in [6, 6.07) is 3.86. The summed E-state index contributed by atoms with van der Waals surface area (Å²) in [5.74, 6) is 1.65. The predicted molar refractivity (Wildman–Crippen MR) is 56.1 cm³/mol. The molecule has 0 aliphatic carbocycles. The molecule has 3 heteroatoms. The maximum atomic E-state index is 5.31. The van der Waals surface area contributed by atoms with E-state index in [0.717, 1.165) is 22.4 Å². The van der Waals surface area contributed by atoms with E-state index in [0.29, 0.717) is 0 Å². The van der Waals surface area contributed by atoms with Crippen molar-refractivity contribution in [2.45, 2.75) is 6.92 Å². The molecular formula is C11H13NO2. The molecule has 2 rings (SSSR count). The highest BCUT2D eigenvalue weighted by Gasteiger charge is 2.08. The number of hydrogen-bond donors (Lipinski definition) is 1. The second-order valence-electron chi connectivity index (χ2n) is 3.22. The minimum atomic E-state index is 0.802. The first-order valence-electron chi connectivity index (χ1n) is 4.46. The van der Waals surface area contributed by atoms with E-state index < -0.39 is 0 Å². The zero-order valence-corrected chi connectivity index (χ0v) is 8.55. The average molecular weight is 191 g/mol. The van der Waals surface area contributed by atoms with Crippen molar-refractivity contribution in [2.75, 3.05) is 14.2 Å². The molecule has 3 nitrogen and oxygen atoms in total. The van der Waals surface area contributed by atoms with Crippen molar-refractivity contribution < 1.29 is 9.47 Å². The predicted octanol–water partition coefficient (Wildman–Crippen LogP) is 2.49. The number of aryl methyl sites for hydroxylation is 1. The molecule has 0 fully saturated rings. The minimum absolute atomic E-state index is 0.802. The van der Waals surface area contributed by atoms with Crippen LogP contribution < -0.4 is 9.47 Å². The zero-order chi connectivity index (χ0) is 10.1. The molecule has 14 heavy (non-hydrogen) atoms. The van der Waals surface area contributed by atoms with E-state index in [-0.39, 0.29) is 0 Å². The number of ether oxygens (including phenoxy) is 2. The first-order chi connectivity index (χ1) is 6.76. The van der Waals surface area contributed by atoms with Crippen LogP contribution in [0.4, 0.5) is 0 Å². The molecule has 0 aliphatic heterocycles. The molecule has 2 aromatic rings. The highest BCUT2D eigenvalue weighted by atomic mass is 16.5. The number of fused-ring (bicyclic) bond motifs is 1. The third-order valence-corrected chi connectivity index (χ3v) is 2.37. The van der Waals surface area contributed by atoms with Gasteiger partial charge in [0.05, 0.1) is 19.7 Å². The molecule has 0 radical (unpaired) electrons. The van der Waals surface area contributed by atoms with Crippen molar-refractivity contribution in [3.05, 3.63) is 23.9 Å². The quantitative estimate of drug-likeness (QED) is 0.791. The van der Waals surface area contributed by atoms with Crippen LogP contribution in [0.3, 0.4) is 0 Å². The summed E-state index contributed by atoms with van der Waals surface area (Å²) >= 11 is 0. The molecule has 0 spiro atoms. The smallest absolute Gasteiger partial charge is 0.132 e. The number of nitrogens with one attached hydrogen (secondary N) is 1. The molecular weight excluding hydrogens is 178 g/mol. The third kappa shape index (κ3) is 1.21. The molecule has 0 aliphatic rings. The Morgan fingerprint density at radius 3 is 2.57 bits per heavy atom. The molecule has 0 saturated carbocycles. The van der Waals surface area contributed by atoms with Crippen LogP contribution in [0.15, 0.2) is 18.3 Å². The van der Waals surface area contributed by atoms with Crippen molar-refractivity contribution in [3.8, 4) is 11.5 Å². The van der Waals surface area contributed by atoms with Gasteiger partial charge in [0.25, 0.3) is 0 Å². The van der Waals surface area contributed by atoms with Crippen LogP contribution in [0.2, 0.25) is 0 Å². The van der Waals surface area contributed by atoms with Crippen molar-refractivity contribution in [3.63, 3.8) is 0 Å². The Balaban J connectivity index is 2.76. The lowest BCUT2D eigenvalue weighted by molar-refractivity contribution is 0.398. The number of hydrogen-bond acceptors (Lipinski definition) is 2. The summed E-state index contributed by atoms with van der Waals surface area (Å²) in [5, 5.41) is 1.12. The number of methoxy groups -OCH3 is 2. The van der Waals surface area contributed by atoms with Crippen LogP contribution >= 0.6 is 0 Å². The lowest BCUT2D eigenvalue weighted by atomic mass is 10.1. The van der Waals surface area contributed by atoms with Crippen molar-refractivity contribution in [1.29, 1.82) is 0 Å². The average Bonchev–Trinajstić information content (AvgIpc) is 2.59. The molecule has 0 amide bonds. The van der Waals surface area contributed by atoms with Crippen LogP contribution in [0.1, 0.15) is 5.56 Å². The Morgan fingerprint density at radius 1 is 1.14 bits per heavy atom. The molecule has 74 valence electrons. The number of H-pyrrole nitrogens is 1. The fourth-order valence-electron chi connectivity index (χ4n) is 1.65. The van der Waals surface area contributed by atoms with Gasteiger partial charge >= 0.3 is 0 Å². The highest BCUT2D eigenvalue weighted by Crippen LogP contribution is 2.32. The Morgan fingerprint density at radius 2 is 1.93 bits per heavy atom. The second kappa shape index (κ2) is 3.25. The number of aromatic nitrogens is 1. The lowest BCUT2D eigenvalue weighted by Gasteiger charge is -2.06. The van der Waals surface area contributed by atoms with Gasteiger partial charge in [-0.2, -0.15) is 0 Å². The summed E-state index contributed by atoms with van der Waals surface area (Å²) < 4.78 is 10.5. The Kier molecular flexibility index (Phi) is 2.08. The molecule has 0 bridgehead atoms. The first kappa shape index (κ1) is 8.94. The van der Waals surface area contributed by atoms with E-state index in [2.05, 4.69) is 4.98 Å². The van der Waals surface area contributed by atoms with Crippen LogP contribution in [0, 0.1) is 6.92 Å². The minimum Gasteiger partial charge on any atom is -0.497 e. The van der Waals surface area contributed by atoms with Gasteiger partial charge in [0.15, 0.2) is 0 Å². The molecule has 1 heterocycles. The van der Waals surface area contributed by atoms with Crippen molar-refractivity contribution >= 4 is 10.9 Å². The Hall–Kier alpha value is -1.64. The lowest BCUT2D eigenvalue weighted by Crippen LogP contribution is -1.88. The fourth-order valence-corrected chi connectivity index (χ4v) is 1.65. The molecule has 1 N–H and O–H groups in total. The molecule has 0 unspecified atom stereocenters. The zero-order valence-electron chi connectivity index (χ0n) is 8.55. The van der Waals surface area contributed by atoms with E-state index in [1.165, 1.54) is 5.56 Å². The van der Waals surface area contributed by atoms with Gasteiger partial charge in [-0.05, 0) is 12.5 Å². The topological polar surface area (TPSA) is 34.2 Å². The summed E-state index contributed by atoms with van der Waals surface area (Å²) in [4.78, 5) is 3.18. The first-order valence-corrected chi connectivity index (χ1v) is 4.46. The monoisotopic (exact) mass is 191 g/mol. The summed E-state index contributed by atoms with van der Waals surface area (Å²) in [7, 11) is 3.32. The molecule has 0 atom stereocenters. The van der Waals surface area contributed by atoms with Gasteiger partial charge in [-0.15, -0.1) is 0 Å². The number of aromatic amines is 1. The Labute approximate surface area is 82.6 Å². The van der Waals surface area contributed by atoms with Gasteiger partial charge in [0, 0.05) is 23.7 Å². The van der Waals surface area contributed by atoms with Crippen molar-refractivity contribution in [1.82, 2.24) is 4.98 Å². The van der Waals surface area contributed by atoms with Crippen LogP contribution in [-0.2, 0) is 0 Å². The van der Waals surface area contributed by atoms with Crippen molar-refractivity contribution in [2.24, 2.45) is 0 Å². The van der Waals surface area contributed by atoms with Gasteiger partial charge < -0.3 is 14.5 Å². The van der Waals surface area contributed by atoms with Crippen LogP contribution in [0.25, 0.3) is 10.9 Å². The van der Waals surface area contributed by atoms with Crippen LogP contribution in [-0.4, -0.2) is 19.2 Å². The molecule has 1 aromatic heterocycles. The van der Waals surface area contributed by atoms with E-state index in [1.807, 2.05) is 25.3 Å². The van der Waals surface area contributed by atoms with Gasteiger partial charge in [0.2, 0.25) is 0 Å². The highest BCUT2D eigenvalue weighted by molar-refractivity contribution is 5.90. The van der Waals surface area contributed by atoms with E-state index in [4.69, 9.17) is 9.47 Å². The fraction of sp³-hybridized carbons (Fsp3) is 0.273. The molecule has 1 aromatic carbocycles. The summed E-state index contributed by atoms with van der Waals surface area (Å²) in [5.41, 5.74) is 2.22. The maximum absolute atomic E-state index is 5.31. The second-order valence-corrected chi connectivity index (χ2v) is 3.22. The van der Waals surface area contributed by atoms with Gasteiger partial charge in [-0.25, -0.2) is 0 Å². The van der Waals surface area contributed by atoms with Gasteiger partial charge in [-0.3, -0.25) is 0 Å². The van der Waals surface area contributed by atoms with E-state index in [9.17, 15) is 0 Å². The standard InChI is InChI=1S/C11H13NO2/c1-7-6-12-9-4-8(13-2)5-10(14-3)11(7)9/h4-6,12H,1-3H3. The SMILES string of the molecule is COc1cc(OC)c2c(C)c[nH]c2c1. The van der Waals surface area contributed by atoms with Gasteiger partial charge in [-0.1, -0.05) is 0 Å². The van der Waals surface area contributed by atoms with E-state index in [1.54, 1.807) is 14.2 Å². The number of rotatable bonds is 2. The maximum Gasteiger partial charge on any atom is 0.132 e. The summed E-state index contributed by atoms with van der Waals surface area (Å²) in [6.07, 6.45) is 1.96. The summed E-state index contributed by atoms with van der Waals surface area (Å²) in [6.45, 7) is 2.05. The Bertz CT molecular complexity index is 460. The van der Waals surface area contributed by atoms with Gasteiger partial charge in [0.1, 0.15) is 11.5 Å². The number of benzene rings is 1. The van der Waals surface area contributed by atoms with E-state index >= 15 is 0 Å².